The monoisotopic (exact) mass is 317 g/mol. The van der Waals surface area contributed by atoms with E-state index in [-0.39, 0.29) is 17.7 Å². The van der Waals surface area contributed by atoms with Gasteiger partial charge < -0.3 is 15.5 Å². The lowest BCUT2D eigenvalue weighted by atomic mass is 10.1. The molecule has 1 saturated heterocycles. The third-order valence-corrected chi connectivity index (χ3v) is 3.80. The molecule has 23 heavy (non-hydrogen) atoms. The van der Waals surface area contributed by atoms with Crippen molar-refractivity contribution in [1.82, 2.24) is 10.6 Å². The summed E-state index contributed by atoms with van der Waals surface area (Å²) < 4.78 is 0. The Balaban J connectivity index is 2.10. The van der Waals surface area contributed by atoms with E-state index in [4.69, 9.17) is 0 Å². The number of para-hydroxylation sites is 1. The number of hydrogen-bond donors (Lipinski definition) is 2. The van der Waals surface area contributed by atoms with Crippen LogP contribution in [0.1, 0.15) is 43.5 Å². The molecule has 1 atom stereocenters. The van der Waals surface area contributed by atoms with E-state index in [0.717, 1.165) is 12.8 Å². The van der Waals surface area contributed by atoms with E-state index in [1.165, 1.54) is 0 Å². The average Bonchev–Trinajstić information content (AvgIpc) is 2.98. The summed E-state index contributed by atoms with van der Waals surface area (Å²) in [4.78, 5) is 37.9. The minimum absolute atomic E-state index is 0.0268. The number of amides is 3. The molecular formula is C17H23N3O3. The molecule has 1 fully saturated rings. The van der Waals surface area contributed by atoms with Crippen molar-refractivity contribution in [3.8, 4) is 0 Å². The van der Waals surface area contributed by atoms with Crippen molar-refractivity contribution in [2.75, 3.05) is 18.0 Å². The molecule has 6 nitrogen and oxygen atoms in total. The molecule has 0 radical (unpaired) electrons. The van der Waals surface area contributed by atoms with Gasteiger partial charge in [0.15, 0.2) is 0 Å². The summed E-state index contributed by atoms with van der Waals surface area (Å²) in [7, 11) is 0. The van der Waals surface area contributed by atoms with Gasteiger partial charge in [-0.05, 0) is 31.9 Å². The Kier molecular flexibility index (Phi) is 5.73. The third-order valence-electron chi connectivity index (χ3n) is 3.80. The van der Waals surface area contributed by atoms with Gasteiger partial charge in [-0.15, -0.1) is 0 Å². The SMILES string of the molecule is CCCNC(=O)[C@@H](C)NC(=O)c1ccccc1N1CCCC1=O. The minimum Gasteiger partial charge on any atom is -0.354 e. The number of carbonyl (C=O) groups excluding carboxylic acids is 3. The number of nitrogens with zero attached hydrogens (tertiary/aromatic N) is 1. The number of anilines is 1. The van der Waals surface area contributed by atoms with Crippen molar-refractivity contribution in [2.45, 2.75) is 39.2 Å². The van der Waals surface area contributed by atoms with Crippen LogP contribution in [0.15, 0.2) is 24.3 Å². The molecule has 0 unspecified atom stereocenters. The largest absolute Gasteiger partial charge is 0.354 e. The molecule has 6 heteroatoms. The molecule has 0 spiro atoms. The highest BCUT2D eigenvalue weighted by molar-refractivity contribution is 6.06. The molecule has 124 valence electrons. The summed E-state index contributed by atoms with van der Waals surface area (Å²) in [5.41, 5.74) is 1.02. The van der Waals surface area contributed by atoms with E-state index in [0.29, 0.717) is 30.8 Å². The summed E-state index contributed by atoms with van der Waals surface area (Å²) in [6.07, 6.45) is 2.14. The lowest BCUT2D eigenvalue weighted by molar-refractivity contribution is -0.122. The molecular weight excluding hydrogens is 294 g/mol. The van der Waals surface area contributed by atoms with E-state index in [1.54, 1.807) is 36.1 Å². The van der Waals surface area contributed by atoms with Gasteiger partial charge >= 0.3 is 0 Å². The Hall–Kier alpha value is -2.37. The molecule has 1 aliphatic rings. The zero-order valence-electron chi connectivity index (χ0n) is 13.6. The van der Waals surface area contributed by atoms with Crippen LogP contribution in [0.2, 0.25) is 0 Å². The molecule has 0 aliphatic carbocycles. The Bertz CT molecular complexity index is 601. The van der Waals surface area contributed by atoms with Crippen LogP contribution in [0.5, 0.6) is 0 Å². The van der Waals surface area contributed by atoms with E-state index in [2.05, 4.69) is 10.6 Å². The van der Waals surface area contributed by atoms with Crippen molar-refractivity contribution in [3.63, 3.8) is 0 Å². The number of hydrogen-bond acceptors (Lipinski definition) is 3. The molecule has 3 amide bonds. The van der Waals surface area contributed by atoms with Crippen LogP contribution in [0.4, 0.5) is 5.69 Å². The van der Waals surface area contributed by atoms with Crippen molar-refractivity contribution in [2.24, 2.45) is 0 Å². The molecule has 2 N–H and O–H groups in total. The lowest BCUT2D eigenvalue weighted by Crippen LogP contribution is -2.45. The molecule has 1 aliphatic heterocycles. The number of nitrogens with one attached hydrogen (secondary N) is 2. The molecule has 0 bridgehead atoms. The average molecular weight is 317 g/mol. The van der Waals surface area contributed by atoms with Crippen LogP contribution in [0, 0.1) is 0 Å². The summed E-state index contributed by atoms with van der Waals surface area (Å²) in [5.74, 6) is -0.534. The topological polar surface area (TPSA) is 78.5 Å². The first-order chi connectivity index (χ1) is 11.0. The van der Waals surface area contributed by atoms with Crippen molar-refractivity contribution < 1.29 is 14.4 Å². The predicted octanol–water partition coefficient (Wildman–Crippen LogP) is 1.46. The highest BCUT2D eigenvalue weighted by Crippen LogP contribution is 2.25. The van der Waals surface area contributed by atoms with Gasteiger partial charge in [0.25, 0.3) is 5.91 Å². The smallest absolute Gasteiger partial charge is 0.254 e. The van der Waals surface area contributed by atoms with Crippen LogP contribution >= 0.6 is 0 Å². The highest BCUT2D eigenvalue weighted by atomic mass is 16.2. The predicted molar refractivity (Wildman–Crippen MR) is 88.3 cm³/mol. The van der Waals surface area contributed by atoms with Gasteiger partial charge in [0.05, 0.1) is 11.3 Å². The maximum absolute atomic E-state index is 12.5. The third kappa shape index (κ3) is 4.09. The van der Waals surface area contributed by atoms with E-state index >= 15 is 0 Å². The first kappa shape index (κ1) is 17.0. The van der Waals surface area contributed by atoms with Gasteiger partial charge in [-0.1, -0.05) is 19.1 Å². The summed E-state index contributed by atoms with van der Waals surface area (Å²) in [6.45, 7) is 4.81. The molecule has 1 aromatic rings. The van der Waals surface area contributed by atoms with Gasteiger partial charge in [0.1, 0.15) is 6.04 Å². The Morgan fingerprint density at radius 1 is 1.30 bits per heavy atom. The van der Waals surface area contributed by atoms with Crippen molar-refractivity contribution in [3.05, 3.63) is 29.8 Å². The molecule has 0 aromatic heterocycles. The van der Waals surface area contributed by atoms with Crippen LogP contribution in [-0.4, -0.2) is 36.9 Å². The zero-order valence-corrected chi connectivity index (χ0v) is 13.6. The fraction of sp³-hybridized carbons (Fsp3) is 0.471. The lowest BCUT2D eigenvalue weighted by Gasteiger charge is -2.20. The zero-order chi connectivity index (χ0) is 16.8. The molecule has 2 rings (SSSR count). The van der Waals surface area contributed by atoms with Crippen molar-refractivity contribution in [1.29, 1.82) is 0 Å². The van der Waals surface area contributed by atoms with Crippen LogP contribution in [0.3, 0.4) is 0 Å². The second kappa shape index (κ2) is 7.76. The fourth-order valence-corrected chi connectivity index (χ4v) is 2.55. The first-order valence-electron chi connectivity index (χ1n) is 8.02. The standard InChI is InChI=1S/C17H23N3O3/c1-3-10-18-16(22)12(2)19-17(23)13-7-4-5-8-14(13)20-11-6-9-15(20)21/h4-5,7-8,12H,3,6,9-11H2,1-2H3,(H,18,22)(H,19,23)/t12-/m1/s1. The quantitative estimate of drug-likeness (QED) is 0.834. The second-order valence-corrected chi connectivity index (χ2v) is 5.65. The van der Waals surface area contributed by atoms with E-state index in [9.17, 15) is 14.4 Å². The minimum atomic E-state index is -0.628. The second-order valence-electron chi connectivity index (χ2n) is 5.65. The number of carbonyl (C=O) groups is 3. The summed E-state index contributed by atoms with van der Waals surface area (Å²) in [5, 5.41) is 5.44. The van der Waals surface area contributed by atoms with E-state index < -0.39 is 6.04 Å². The van der Waals surface area contributed by atoms with Crippen LogP contribution in [0.25, 0.3) is 0 Å². The maximum Gasteiger partial charge on any atom is 0.254 e. The number of benzene rings is 1. The first-order valence-corrected chi connectivity index (χ1v) is 8.02. The molecule has 0 saturated carbocycles. The maximum atomic E-state index is 12.5. The Morgan fingerprint density at radius 3 is 2.70 bits per heavy atom. The van der Waals surface area contributed by atoms with Gasteiger partial charge in [-0.3, -0.25) is 14.4 Å². The fourth-order valence-electron chi connectivity index (χ4n) is 2.55. The van der Waals surface area contributed by atoms with E-state index in [1.807, 2.05) is 6.92 Å². The summed E-state index contributed by atoms with van der Waals surface area (Å²) >= 11 is 0. The Labute approximate surface area is 136 Å². The van der Waals surface area contributed by atoms with Gasteiger partial charge in [-0.2, -0.15) is 0 Å². The molecule has 1 heterocycles. The van der Waals surface area contributed by atoms with Crippen LogP contribution < -0.4 is 15.5 Å². The van der Waals surface area contributed by atoms with Crippen molar-refractivity contribution >= 4 is 23.4 Å². The number of rotatable bonds is 6. The van der Waals surface area contributed by atoms with Crippen LogP contribution in [-0.2, 0) is 9.59 Å². The Morgan fingerprint density at radius 2 is 2.04 bits per heavy atom. The van der Waals surface area contributed by atoms with Gasteiger partial charge in [-0.25, -0.2) is 0 Å². The van der Waals surface area contributed by atoms with Gasteiger partial charge in [0, 0.05) is 19.5 Å². The normalized spacial score (nSPS) is 15.4. The molecule has 1 aromatic carbocycles. The highest BCUT2D eigenvalue weighted by Gasteiger charge is 2.26. The summed E-state index contributed by atoms with van der Waals surface area (Å²) in [6, 6.07) is 6.36. The van der Waals surface area contributed by atoms with Gasteiger partial charge in [0.2, 0.25) is 11.8 Å².